The summed E-state index contributed by atoms with van der Waals surface area (Å²) in [5.74, 6) is -0.151. The molecule has 4 aromatic rings. The van der Waals surface area contributed by atoms with Crippen LogP contribution in [0.15, 0.2) is 83.0 Å². The van der Waals surface area contributed by atoms with E-state index in [1.807, 2.05) is 0 Å². The van der Waals surface area contributed by atoms with Gasteiger partial charge in [-0.15, -0.1) is 0 Å². The molecule has 16 nitrogen and oxygen atoms in total. The third-order valence-corrected chi connectivity index (χ3v) is 7.31. The summed E-state index contributed by atoms with van der Waals surface area (Å²) in [6.07, 6.45) is 2.10. The minimum Gasteiger partial charge on any atom is -0.493 e. The molecular weight excluding hydrogens is 716 g/mol. The van der Waals surface area contributed by atoms with Crippen molar-refractivity contribution in [3.05, 3.63) is 95.1 Å². The molecule has 0 saturated carbocycles. The monoisotopic (exact) mass is 756 g/mol. The molecule has 0 aliphatic heterocycles. The van der Waals surface area contributed by atoms with E-state index in [9.17, 15) is 19.2 Å². The molecule has 0 radical (unpaired) electrons. The van der Waals surface area contributed by atoms with E-state index in [-0.39, 0.29) is 47.3 Å². The lowest BCUT2D eigenvalue weighted by molar-refractivity contribution is -0.129. The predicted molar refractivity (Wildman–Crippen MR) is 200 cm³/mol. The van der Waals surface area contributed by atoms with Crippen molar-refractivity contribution in [2.75, 3.05) is 41.7 Å². The summed E-state index contributed by atoms with van der Waals surface area (Å²) in [4.78, 5) is 50.4. The van der Waals surface area contributed by atoms with Crippen molar-refractivity contribution < 1.29 is 57.1 Å². The van der Waals surface area contributed by atoms with Gasteiger partial charge in [0.2, 0.25) is 11.8 Å². The molecule has 55 heavy (non-hydrogen) atoms. The summed E-state index contributed by atoms with van der Waals surface area (Å²) in [7, 11) is 5.90. The lowest BCUT2D eigenvalue weighted by Crippen LogP contribution is -2.27. The number of carbonyl (C=O) groups is 4. The molecule has 0 atom stereocenters. The Bertz CT molecular complexity index is 1920. The van der Waals surface area contributed by atoms with Gasteiger partial charge < -0.3 is 37.9 Å². The van der Waals surface area contributed by atoms with Crippen LogP contribution in [0.3, 0.4) is 0 Å². The largest absolute Gasteiger partial charge is 0.493 e. The van der Waals surface area contributed by atoms with Crippen molar-refractivity contribution in [2.45, 2.75) is 20.3 Å². The number of amides is 2. The first-order valence-corrected chi connectivity index (χ1v) is 16.7. The van der Waals surface area contributed by atoms with Crippen molar-refractivity contribution in [3.8, 4) is 46.0 Å². The second-order valence-electron chi connectivity index (χ2n) is 11.0. The van der Waals surface area contributed by atoms with Gasteiger partial charge in [-0.25, -0.2) is 20.4 Å². The number of esters is 2. The molecule has 4 rings (SSSR count). The second-order valence-corrected chi connectivity index (χ2v) is 11.0. The Hall–Kier alpha value is -7.10. The average molecular weight is 757 g/mol. The SMILES string of the molecule is CCOc1cc(/C=N\NC(=O)CC(=O)N/N=C\c2ccc(OC(=O)c3ccc(OC)c(OC)c3)c(OCC)c2)ccc1OC(=O)c1ccc(OC)c(OC)c1. The summed E-state index contributed by atoms with van der Waals surface area (Å²) in [5.41, 5.74) is 6.05. The van der Waals surface area contributed by atoms with Crippen LogP contribution in [0.5, 0.6) is 46.0 Å². The molecule has 0 spiro atoms. The van der Waals surface area contributed by atoms with Crippen molar-refractivity contribution in [2.24, 2.45) is 10.2 Å². The number of methoxy groups -OCH3 is 4. The zero-order valence-corrected chi connectivity index (χ0v) is 31.0. The Balaban J connectivity index is 1.30. The molecule has 0 heterocycles. The molecule has 288 valence electrons. The van der Waals surface area contributed by atoms with Crippen molar-refractivity contribution in [1.82, 2.24) is 10.9 Å². The van der Waals surface area contributed by atoms with Gasteiger partial charge in [0, 0.05) is 0 Å². The predicted octanol–water partition coefficient (Wildman–Crippen LogP) is 4.95. The molecule has 0 unspecified atom stereocenters. The fraction of sp³-hybridized carbons (Fsp3) is 0.231. The van der Waals surface area contributed by atoms with Gasteiger partial charge in [0.1, 0.15) is 6.42 Å². The number of carbonyl (C=O) groups excluding carboxylic acids is 4. The third kappa shape index (κ3) is 11.4. The minimum atomic E-state index is -0.700. The van der Waals surface area contributed by atoms with Gasteiger partial charge in [-0.3, -0.25) is 9.59 Å². The van der Waals surface area contributed by atoms with E-state index in [1.54, 1.807) is 62.4 Å². The lowest BCUT2D eigenvalue weighted by Gasteiger charge is -2.12. The van der Waals surface area contributed by atoms with E-state index in [0.29, 0.717) is 34.1 Å². The topological polar surface area (TPSA) is 191 Å². The van der Waals surface area contributed by atoms with E-state index in [4.69, 9.17) is 37.9 Å². The first-order chi connectivity index (χ1) is 26.6. The summed E-state index contributed by atoms with van der Waals surface area (Å²) in [5, 5.41) is 7.79. The average Bonchev–Trinajstić information content (AvgIpc) is 3.19. The molecule has 2 amide bonds. The van der Waals surface area contributed by atoms with Crippen LogP contribution in [0.4, 0.5) is 0 Å². The lowest BCUT2D eigenvalue weighted by atomic mass is 10.2. The molecule has 0 saturated heterocycles. The Kier molecular flexibility index (Phi) is 15.0. The minimum absolute atomic E-state index is 0.166. The normalized spacial score (nSPS) is 10.7. The third-order valence-electron chi connectivity index (χ3n) is 7.31. The highest BCUT2D eigenvalue weighted by Gasteiger charge is 2.18. The van der Waals surface area contributed by atoms with Crippen molar-refractivity contribution >= 4 is 36.2 Å². The quantitative estimate of drug-likeness (QED) is 0.0458. The van der Waals surface area contributed by atoms with Crippen LogP contribution in [-0.2, 0) is 9.59 Å². The van der Waals surface area contributed by atoms with Crippen LogP contribution in [0.2, 0.25) is 0 Å². The molecule has 0 aromatic heterocycles. The summed E-state index contributed by atoms with van der Waals surface area (Å²) < 4.78 is 43.3. The summed E-state index contributed by atoms with van der Waals surface area (Å²) in [6, 6.07) is 18.7. The fourth-order valence-corrected chi connectivity index (χ4v) is 4.74. The standard InChI is InChI=1S/C39H40N4O12/c1-7-52-34-17-24(9-13-30(34)54-38(46)26-11-15-28(48-3)32(19-26)50-5)22-40-42-36(44)21-37(45)43-41-23-25-10-14-31(35(18-25)53-8-2)55-39(47)27-12-16-29(49-4)33(20-27)51-6/h9-20,22-23H,7-8,21H2,1-6H3,(H,42,44)(H,43,45)/b40-22-,41-23-. The number of hydrazone groups is 2. The molecule has 0 bridgehead atoms. The van der Waals surface area contributed by atoms with Crippen molar-refractivity contribution in [1.29, 1.82) is 0 Å². The van der Waals surface area contributed by atoms with Crippen LogP contribution in [-0.4, -0.2) is 77.8 Å². The van der Waals surface area contributed by atoms with Crippen LogP contribution >= 0.6 is 0 Å². The molecule has 4 aromatic carbocycles. The van der Waals surface area contributed by atoms with Gasteiger partial charge in [-0.05, 0) is 97.8 Å². The maximum absolute atomic E-state index is 12.8. The first-order valence-electron chi connectivity index (χ1n) is 16.7. The number of benzene rings is 4. The molecule has 0 fully saturated rings. The number of hydrogen-bond acceptors (Lipinski definition) is 14. The number of hydrogen-bond donors (Lipinski definition) is 2. The van der Waals surface area contributed by atoms with Crippen molar-refractivity contribution in [3.63, 3.8) is 0 Å². The highest BCUT2D eigenvalue weighted by molar-refractivity contribution is 5.98. The molecule has 0 aliphatic rings. The van der Waals surface area contributed by atoms with E-state index < -0.39 is 30.2 Å². The number of nitrogens with one attached hydrogen (secondary N) is 2. The van der Waals surface area contributed by atoms with Crippen LogP contribution < -0.4 is 48.7 Å². The zero-order valence-electron chi connectivity index (χ0n) is 31.0. The van der Waals surface area contributed by atoms with Gasteiger partial charge in [0.05, 0.1) is 65.2 Å². The molecule has 0 aliphatic carbocycles. The Labute approximate surface area is 316 Å². The number of nitrogens with zero attached hydrogens (tertiary/aromatic N) is 2. The number of rotatable bonds is 18. The van der Waals surface area contributed by atoms with Gasteiger partial charge in [-0.1, -0.05) is 0 Å². The van der Waals surface area contributed by atoms with Crippen LogP contribution in [0.1, 0.15) is 52.1 Å². The highest BCUT2D eigenvalue weighted by atomic mass is 16.6. The Morgan fingerprint density at radius 1 is 0.509 bits per heavy atom. The Morgan fingerprint density at radius 3 is 1.25 bits per heavy atom. The summed E-state index contributed by atoms with van der Waals surface area (Å²) >= 11 is 0. The second kappa shape index (κ2) is 20.2. The van der Waals surface area contributed by atoms with E-state index >= 15 is 0 Å². The fourth-order valence-electron chi connectivity index (χ4n) is 4.74. The van der Waals surface area contributed by atoms with Gasteiger partial charge in [0.15, 0.2) is 46.0 Å². The Morgan fingerprint density at radius 2 is 0.891 bits per heavy atom. The van der Waals surface area contributed by atoms with Gasteiger partial charge in [-0.2, -0.15) is 10.2 Å². The smallest absolute Gasteiger partial charge is 0.343 e. The molecule has 16 heteroatoms. The van der Waals surface area contributed by atoms with E-state index in [2.05, 4.69) is 21.1 Å². The maximum Gasteiger partial charge on any atom is 0.343 e. The number of ether oxygens (including phenoxy) is 8. The van der Waals surface area contributed by atoms with Gasteiger partial charge >= 0.3 is 11.9 Å². The molecule has 2 N–H and O–H groups in total. The van der Waals surface area contributed by atoms with E-state index in [1.165, 1.54) is 65.1 Å². The van der Waals surface area contributed by atoms with Gasteiger partial charge in [0.25, 0.3) is 0 Å². The van der Waals surface area contributed by atoms with Crippen LogP contribution in [0, 0.1) is 0 Å². The molecular formula is C39H40N4O12. The summed E-state index contributed by atoms with van der Waals surface area (Å²) in [6.45, 7) is 4.11. The first kappa shape index (κ1) is 40.7. The zero-order chi connectivity index (χ0) is 39.7. The van der Waals surface area contributed by atoms with Crippen LogP contribution in [0.25, 0.3) is 0 Å². The highest BCUT2D eigenvalue weighted by Crippen LogP contribution is 2.33. The van der Waals surface area contributed by atoms with E-state index in [0.717, 1.165) is 0 Å². The maximum atomic E-state index is 12.8.